The summed E-state index contributed by atoms with van der Waals surface area (Å²) < 4.78 is 0. The number of hydrogen-bond donors (Lipinski definition) is 3. The van der Waals surface area contributed by atoms with Gasteiger partial charge in [-0.2, -0.15) is 0 Å². The highest BCUT2D eigenvalue weighted by atomic mass is 16.4. The molecule has 2 rings (SSSR count). The van der Waals surface area contributed by atoms with Crippen molar-refractivity contribution >= 4 is 17.8 Å². The number of carboxylic acid groups (broad SMARTS) is 2. The maximum atomic E-state index is 12.0. The van der Waals surface area contributed by atoms with E-state index in [0.717, 1.165) is 0 Å². The van der Waals surface area contributed by atoms with E-state index in [-0.39, 0.29) is 12.3 Å². The molecule has 0 aromatic heterocycles. The summed E-state index contributed by atoms with van der Waals surface area (Å²) in [4.78, 5) is 34.4. The molecular weight excluding hydrogens is 274 g/mol. The third kappa shape index (κ3) is 3.59. The van der Waals surface area contributed by atoms with Gasteiger partial charge in [-0.05, 0) is 37.3 Å². The first-order valence-corrected chi connectivity index (χ1v) is 6.80. The van der Waals surface area contributed by atoms with Crippen molar-refractivity contribution in [1.29, 1.82) is 0 Å². The fraction of sp³-hybridized carbons (Fsp3) is 0.400. The third-order valence-electron chi connectivity index (χ3n) is 3.88. The summed E-state index contributed by atoms with van der Waals surface area (Å²) in [5.74, 6) is -3.37. The van der Waals surface area contributed by atoms with E-state index in [1.54, 1.807) is 30.3 Å². The van der Waals surface area contributed by atoms with Gasteiger partial charge in [-0.1, -0.05) is 18.2 Å². The zero-order valence-corrected chi connectivity index (χ0v) is 11.4. The zero-order chi connectivity index (χ0) is 15.4. The Kier molecular flexibility index (Phi) is 4.57. The Morgan fingerprint density at radius 2 is 1.76 bits per heavy atom. The van der Waals surface area contributed by atoms with E-state index in [9.17, 15) is 19.5 Å². The van der Waals surface area contributed by atoms with Crippen LogP contribution in [0.3, 0.4) is 0 Å². The monoisotopic (exact) mass is 291 g/mol. The normalized spacial score (nSPS) is 22.5. The van der Waals surface area contributed by atoms with Crippen molar-refractivity contribution in [2.45, 2.75) is 25.3 Å². The molecule has 1 amide bonds. The van der Waals surface area contributed by atoms with Crippen LogP contribution in [-0.2, 0) is 9.59 Å². The number of amides is 1. The van der Waals surface area contributed by atoms with Crippen LogP contribution < -0.4 is 5.32 Å². The lowest BCUT2D eigenvalue weighted by Crippen LogP contribution is -2.45. The number of carbonyl (C=O) groups is 3. The van der Waals surface area contributed by atoms with Gasteiger partial charge < -0.3 is 15.5 Å². The van der Waals surface area contributed by atoms with E-state index in [0.29, 0.717) is 18.4 Å². The van der Waals surface area contributed by atoms with E-state index in [2.05, 4.69) is 5.32 Å². The van der Waals surface area contributed by atoms with Crippen LogP contribution in [0.25, 0.3) is 0 Å². The Morgan fingerprint density at radius 1 is 1.10 bits per heavy atom. The summed E-state index contributed by atoms with van der Waals surface area (Å²) in [5.41, 5.74) is 0.386. The van der Waals surface area contributed by atoms with Crippen molar-refractivity contribution in [3.63, 3.8) is 0 Å². The topological polar surface area (TPSA) is 104 Å². The molecule has 1 aliphatic rings. The summed E-state index contributed by atoms with van der Waals surface area (Å²) in [5, 5.41) is 20.8. The number of carbonyl (C=O) groups excluding carboxylic acids is 1. The van der Waals surface area contributed by atoms with Gasteiger partial charge in [0.25, 0.3) is 5.91 Å². The lowest BCUT2D eigenvalue weighted by molar-refractivity contribution is -0.143. The van der Waals surface area contributed by atoms with Crippen molar-refractivity contribution < 1.29 is 24.6 Å². The molecule has 1 aromatic rings. The number of benzene rings is 1. The van der Waals surface area contributed by atoms with Gasteiger partial charge in [0.05, 0.1) is 5.92 Å². The molecule has 0 radical (unpaired) electrons. The van der Waals surface area contributed by atoms with Crippen LogP contribution in [0.2, 0.25) is 0 Å². The van der Waals surface area contributed by atoms with E-state index >= 15 is 0 Å². The SMILES string of the molecule is O=C(N[C@@H](C(=O)O)[C@@H]1CC[C@H](C(=O)O)C1)c1ccccc1. The van der Waals surface area contributed by atoms with Gasteiger partial charge in [-0.3, -0.25) is 9.59 Å². The second-order valence-corrected chi connectivity index (χ2v) is 5.26. The molecule has 21 heavy (non-hydrogen) atoms. The minimum absolute atomic E-state index is 0.279. The van der Waals surface area contributed by atoms with Gasteiger partial charge in [0.1, 0.15) is 6.04 Å². The van der Waals surface area contributed by atoms with E-state index in [4.69, 9.17) is 5.11 Å². The molecule has 0 bridgehead atoms. The Bertz CT molecular complexity index is 542. The second-order valence-electron chi connectivity index (χ2n) is 5.26. The van der Waals surface area contributed by atoms with Gasteiger partial charge in [-0.25, -0.2) is 4.79 Å². The largest absolute Gasteiger partial charge is 0.481 e. The first-order chi connectivity index (χ1) is 9.99. The molecular formula is C15H17NO5. The summed E-state index contributed by atoms with van der Waals surface area (Å²) >= 11 is 0. The minimum atomic E-state index is -1.13. The van der Waals surface area contributed by atoms with Crippen LogP contribution in [0.4, 0.5) is 0 Å². The zero-order valence-electron chi connectivity index (χ0n) is 11.4. The molecule has 6 nitrogen and oxygen atoms in total. The predicted molar refractivity (Wildman–Crippen MR) is 73.8 cm³/mol. The van der Waals surface area contributed by atoms with Crippen molar-refractivity contribution in [2.24, 2.45) is 11.8 Å². The molecule has 3 atom stereocenters. The molecule has 0 unspecified atom stereocenters. The van der Waals surface area contributed by atoms with Crippen LogP contribution in [0.1, 0.15) is 29.6 Å². The highest BCUT2D eigenvalue weighted by Gasteiger charge is 2.38. The maximum Gasteiger partial charge on any atom is 0.326 e. The van der Waals surface area contributed by atoms with Crippen molar-refractivity contribution in [2.75, 3.05) is 0 Å². The highest BCUT2D eigenvalue weighted by molar-refractivity contribution is 5.96. The standard InChI is InChI=1S/C15H17NO5/c17-13(9-4-2-1-3-5-9)16-12(15(20)21)10-6-7-11(8-10)14(18)19/h1-5,10-12H,6-8H2,(H,16,17)(H,18,19)(H,20,21)/t10-,11+,12-/m1/s1. The van der Waals surface area contributed by atoms with Crippen LogP contribution in [0.5, 0.6) is 0 Å². The van der Waals surface area contributed by atoms with Gasteiger partial charge >= 0.3 is 11.9 Å². The first kappa shape index (κ1) is 15.0. The summed E-state index contributed by atoms with van der Waals surface area (Å²) in [6.07, 6.45) is 1.22. The molecule has 0 spiro atoms. The van der Waals surface area contributed by atoms with E-state index in [1.165, 1.54) is 0 Å². The second kappa shape index (κ2) is 6.39. The van der Waals surface area contributed by atoms with Crippen LogP contribution in [0, 0.1) is 11.8 Å². The summed E-state index contributed by atoms with van der Waals surface area (Å²) in [6.45, 7) is 0. The molecule has 1 fully saturated rings. The number of nitrogens with one attached hydrogen (secondary N) is 1. The molecule has 112 valence electrons. The molecule has 3 N–H and O–H groups in total. The molecule has 6 heteroatoms. The summed E-state index contributed by atoms with van der Waals surface area (Å²) in [6, 6.07) is 7.30. The van der Waals surface area contributed by atoms with Crippen molar-refractivity contribution in [3.8, 4) is 0 Å². The lowest BCUT2D eigenvalue weighted by Gasteiger charge is -2.20. The van der Waals surface area contributed by atoms with Crippen LogP contribution >= 0.6 is 0 Å². The average molecular weight is 291 g/mol. The van der Waals surface area contributed by atoms with Crippen LogP contribution in [-0.4, -0.2) is 34.1 Å². The fourth-order valence-electron chi connectivity index (χ4n) is 2.74. The molecule has 1 aromatic carbocycles. The lowest BCUT2D eigenvalue weighted by atomic mass is 9.96. The van der Waals surface area contributed by atoms with Gasteiger partial charge in [0.2, 0.25) is 0 Å². The van der Waals surface area contributed by atoms with Crippen molar-refractivity contribution in [3.05, 3.63) is 35.9 Å². The molecule has 1 saturated carbocycles. The van der Waals surface area contributed by atoms with Gasteiger partial charge in [0, 0.05) is 5.56 Å². The van der Waals surface area contributed by atoms with E-state index < -0.39 is 29.8 Å². The Hall–Kier alpha value is -2.37. The van der Waals surface area contributed by atoms with E-state index in [1.807, 2.05) is 0 Å². The molecule has 0 aliphatic heterocycles. The Labute approximate surface area is 121 Å². The van der Waals surface area contributed by atoms with Gasteiger partial charge in [0.15, 0.2) is 0 Å². The maximum absolute atomic E-state index is 12.0. The number of rotatable bonds is 5. The Morgan fingerprint density at radius 3 is 2.29 bits per heavy atom. The minimum Gasteiger partial charge on any atom is -0.481 e. The molecule has 0 heterocycles. The predicted octanol–water partition coefficient (Wildman–Crippen LogP) is 1.37. The highest BCUT2D eigenvalue weighted by Crippen LogP contribution is 2.33. The first-order valence-electron chi connectivity index (χ1n) is 6.80. The van der Waals surface area contributed by atoms with Crippen LogP contribution in [0.15, 0.2) is 30.3 Å². The van der Waals surface area contributed by atoms with Crippen molar-refractivity contribution in [1.82, 2.24) is 5.32 Å². The molecule has 0 saturated heterocycles. The average Bonchev–Trinajstić information content (AvgIpc) is 2.94. The fourth-order valence-corrected chi connectivity index (χ4v) is 2.74. The van der Waals surface area contributed by atoms with Gasteiger partial charge in [-0.15, -0.1) is 0 Å². The third-order valence-corrected chi connectivity index (χ3v) is 3.88. The number of carboxylic acids is 2. The summed E-state index contributed by atoms with van der Waals surface area (Å²) in [7, 11) is 0. The Balaban J connectivity index is 2.05. The smallest absolute Gasteiger partial charge is 0.326 e. The number of aliphatic carboxylic acids is 2. The quantitative estimate of drug-likeness (QED) is 0.760. The number of hydrogen-bond acceptors (Lipinski definition) is 3. The molecule has 1 aliphatic carbocycles.